The number of nitrogens with one attached hydrogen (secondary N) is 1. The largest absolute Gasteiger partial charge is 0.352 e. The smallest absolute Gasteiger partial charge is 0.273 e. The molecule has 1 N–H and O–H groups in total. The molecular formula is C10H9ClN2O3. The third-order valence-corrected chi connectivity index (χ3v) is 2.36. The van der Waals surface area contributed by atoms with E-state index in [0.717, 1.165) is 5.06 Å². The van der Waals surface area contributed by atoms with Gasteiger partial charge < -0.3 is 0 Å². The number of hydroxylamine groups is 1. The molecule has 2 rings (SSSR count). The summed E-state index contributed by atoms with van der Waals surface area (Å²) in [5.74, 6) is -0.449. The predicted molar refractivity (Wildman–Crippen MR) is 58.0 cm³/mol. The van der Waals surface area contributed by atoms with Crippen molar-refractivity contribution in [1.29, 1.82) is 0 Å². The van der Waals surface area contributed by atoms with Crippen LogP contribution in [0.1, 0.15) is 6.92 Å². The molecule has 0 saturated carbocycles. The summed E-state index contributed by atoms with van der Waals surface area (Å²) in [5.41, 5.74) is 0.515. The van der Waals surface area contributed by atoms with Crippen molar-refractivity contribution in [3.05, 3.63) is 29.3 Å². The molecule has 0 spiro atoms. The standard InChI is InChI=1S/C10H9ClN2O3/c1-6-9(14)12-10(15)13(16-6)8-4-2-7(11)3-5-8/h2-6H,1H3,(H,12,14,15). The van der Waals surface area contributed by atoms with Gasteiger partial charge in [0, 0.05) is 5.02 Å². The second-order valence-corrected chi connectivity index (χ2v) is 3.75. The topological polar surface area (TPSA) is 58.6 Å². The van der Waals surface area contributed by atoms with E-state index in [2.05, 4.69) is 5.32 Å². The van der Waals surface area contributed by atoms with Crippen LogP contribution in [0.3, 0.4) is 0 Å². The first-order valence-corrected chi connectivity index (χ1v) is 5.03. The zero-order chi connectivity index (χ0) is 11.7. The molecule has 1 fully saturated rings. The summed E-state index contributed by atoms with van der Waals surface area (Å²) in [6.07, 6.45) is -0.701. The zero-order valence-corrected chi connectivity index (χ0v) is 9.19. The molecule has 1 aromatic carbocycles. The van der Waals surface area contributed by atoms with Gasteiger partial charge >= 0.3 is 6.03 Å². The van der Waals surface area contributed by atoms with Crippen molar-refractivity contribution in [2.75, 3.05) is 5.06 Å². The molecule has 0 aromatic heterocycles. The molecule has 1 aliphatic heterocycles. The molecule has 16 heavy (non-hydrogen) atoms. The highest BCUT2D eigenvalue weighted by molar-refractivity contribution is 6.30. The van der Waals surface area contributed by atoms with Gasteiger partial charge in [0.25, 0.3) is 5.91 Å². The number of carbonyl (C=O) groups excluding carboxylic acids is 2. The maximum atomic E-state index is 11.5. The van der Waals surface area contributed by atoms with Crippen LogP contribution in [-0.2, 0) is 9.63 Å². The quantitative estimate of drug-likeness (QED) is 0.813. The first-order chi connectivity index (χ1) is 7.58. The van der Waals surface area contributed by atoms with E-state index >= 15 is 0 Å². The minimum absolute atomic E-state index is 0.449. The lowest BCUT2D eigenvalue weighted by Gasteiger charge is -2.29. The molecule has 1 saturated heterocycles. The van der Waals surface area contributed by atoms with Crippen LogP contribution in [0.5, 0.6) is 0 Å². The number of urea groups is 1. The number of amides is 3. The van der Waals surface area contributed by atoms with E-state index in [1.54, 1.807) is 31.2 Å². The molecule has 0 bridgehead atoms. The summed E-state index contributed by atoms with van der Waals surface area (Å²) in [7, 11) is 0. The summed E-state index contributed by atoms with van der Waals surface area (Å²) in [6, 6.07) is 5.92. The van der Waals surface area contributed by atoms with Crippen LogP contribution >= 0.6 is 11.6 Å². The molecular weight excluding hydrogens is 232 g/mol. The van der Waals surface area contributed by atoms with Gasteiger partial charge in [-0.25, -0.2) is 4.79 Å². The van der Waals surface area contributed by atoms with Crippen molar-refractivity contribution in [1.82, 2.24) is 5.32 Å². The average Bonchev–Trinajstić information content (AvgIpc) is 2.25. The van der Waals surface area contributed by atoms with Crippen LogP contribution in [0.15, 0.2) is 24.3 Å². The first-order valence-electron chi connectivity index (χ1n) is 4.65. The van der Waals surface area contributed by atoms with Gasteiger partial charge in [-0.15, -0.1) is 0 Å². The molecule has 6 heteroatoms. The van der Waals surface area contributed by atoms with Gasteiger partial charge in [0.2, 0.25) is 0 Å². The number of imide groups is 1. The van der Waals surface area contributed by atoms with Crippen molar-refractivity contribution in [2.24, 2.45) is 0 Å². The summed E-state index contributed by atoms with van der Waals surface area (Å²) in [5, 5.41) is 3.77. The van der Waals surface area contributed by atoms with Crippen LogP contribution in [0.4, 0.5) is 10.5 Å². The molecule has 1 atom stereocenters. The third-order valence-electron chi connectivity index (χ3n) is 2.11. The minimum atomic E-state index is -0.701. The summed E-state index contributed by atoms with van der Waals surface area (Å²) < 4.78 is 0. The van der Waals surface area contributed by atoms with Crippen LogP contribution in [0.25, 0.3) is 0 Å². The van der Waals surface area contributed by atoms with Gasteiger partial charge in [0.05, 0.1) is 5.69 Å². The van der Waals surface area contributed by atoms with Gasteiger partial charge in [0.15, 0.2) is 6.10 Å². The number of carbonyl (C=O) groups is 2. The van der Waals surface area contributed by atoms with Crippen molar-refractivity contribution in [3.63, 3.8) is 0 Å². The number of rotatable bonds is 1. The van der Waals surface area contributed by atoms with Crippen LogP contribution in [0.2, 0.25) is 5.02 Å². The third kappa shape index (κ3) is 2.00. The monoisotopic (exact) mass is 240 g/mol. The van der Waals surface area contributed by atoms with Gasteiger partial charge in [-0.05, 0) is 31.2 Å². The van der Waals surface area contributed by atoms with E-state index in [1.165, 1.54) is 0 Å². The lowest BCUT2D eigenvalue weighted by Crippen LogP contribution is -2.54. The van der Waals surface area contributed by atoms with Gasteiger partial charge in [-0.3, -0.25) is 14.9 Å². The highest BCUT2D eigenvalue weighted by Gasteiger charge is 2.31. The van der Waals surface area contributed by atoms with Crippen molar-refractivity contribution < 1.29 is 14.4 Å². The predicted octanol–water partition coefficient (Wildman–Crippen LogP) is 1.72. The molecule has 1 unspecified atom stereocenters. The van der Waals surface area contributed by atoms with E-state index in [9.17, 15) is 9.59 Å². The Morgan fingerprint density at radius 2 is 1.94 bits per heavy atom. The number of anilines is 1. The molecule has 3 amide bonds. The average molecular weight is 241 g/mol. The Bertz CT molecular complexity index is 432. The Morgan fingerprint density at radius 1 is 1.31 bits per heavy atom. The number of benzene rings is 1. The molecule has 84 valence electrons. The molecule has 1 aliphatic rings. The Balaban J connectivity index is 2.24. The van der Waals surface area contributed by atoms with E-state index in [1.807, 2.05) is 0 Å². The van der Waals surface area contributed by atoms with Crippen LogP contribution in [-0.4, -0.2) is 18.0 Å². The second-order valence-electron chi connectivity index (χ2n) is 3.31. The maximum absolute atomic E-state index is 11.5. The van der Waals surface area contributed by atoms with E-state index in [4.69, 9.17) is 16.4 Å². The lowest BCUT2D eigenvalue weighted by atomic mass is 10.3. The molecule has 1 heterocycles. The Kier molecular flexibility index (Phi) is 2.80. The molecule has 0 radical (unpaired) electrons. The number of hydrogen-bond donors (Lipinski definition) is 1. The SMILES string of the molecule is CC1ON(c2ccc(Cl)cc2)C(=O)NC1=O. The zero-order valence-electron chi connectivity index (χ0n) is 8.44. The summed E-state index contributed by atoms with van der Waals surface area (Å²) in [4.78, 5) is 27.8. The molecule has 5 nitrogen and oxygen atoms in total. The van der Waals surface area contributed by atoms with Gasteiger partial charge in [0.1, 0.15) is 0 Å². The normalized spacial score (nSPS) is 20.9. The van der Waals surface area contributed by atoms with Crippen LogP contribution < -0.4 is 10.4 Å². The summed E-state index contributed by atoms with van der Waals surface area (Å²) >= 11 is 5.72. The van der Waals surface area contributed by atoms with E-state index in [0.29, 0.717) is 10.7 Å². The fraction of sp³-hybridized carbons (Fsp3) is 0.200. The second kappa shape index (κ2) is 4.11. The number of hydrogen-bond acceptors (Lipinski definition) is 3. The van der Waals surface area contributed by atoms with Crippen LogP contribution in [0, 0.1) is 0 Å². The van der Waals surface area contributed by atoms with E-state index < -0.39 is 18.0 Å². The first kappa shape index (κ1) is 10.9. The Labute approximate surface area is 96.9 Å². The lowest BCUT2D eigenvalue weighted by molar-refractivity contribution is -0.133. The maximum Gasteiger partial charge on any atom is 0.352 e. The minimum Gasteiger partial charge on any atom is -0.273 e. The van der Waals surface area contributed by atoms with Gasteiger partial charge in [-0.2, -0.15) is 5.06 Å². The number of halogens is 1. The highest BCUT2D eigenvalue weighted by atomic mass is 35.5. The number of nitrogens with zero attached hydrogens (tertiary/aromatic N) is 1. The van der Waals surface area contributed by atoms with Gasteiger partial charge in [-0.1, -0.05) is 11.6 Å². The summed E-state index contributed by atoms with van der Waals surface area (Å²) in [6.45, 7) is 1.56. The fourth-order valence-electron chi connectivity index (χ4n) is 1.27. The van der Waals surface area contributed by atoms with Crippen molar-refractivity contribution >= 4 is 29.2 Å². The van der Waals surface area contributed by atoms with Crippen molar-refractivity contribution in [3.8, 4) is 0 Å². The van der Waals surface area contributed by atoms with E-state index in [-0.39, 0.29) is 0 Å². The highest BCUT2D eigenvalue weighted by Crippen LogP contribution is 2.20. The fourth-order valence-corrected chi connectivity index (χ4v) is 1.39. The Morgan fingerprint density at radius 3 is 2.56 bits per heavy atom. The molecule has 1 aromatic rings. The Hall–Kier alpha value is -1.59. The van der Waals surface area contributed by atoms with Crippen molar-refractivity contribution in [2.45, 2.75) is 13.0 Å². The molecule has 0 aliphatic carbocycles.